The van der Waals surface area contributed by atoms with E-state index in [1.807, 2.05) is 50.4 Å². The number of nitrogens with zero attached hydrogens (tertiary/aromatic N) is 5. The lowest BCUT2D eigenvalue weighted by atomic mass is 9.85. The number of allylic oxidation sites excluding steroid dienone is 1. The maximum atomic E-state index is 14.4. The molecule has 2 atom stereocenters. The van der Waals surface area contributed by atoms with Crippen LogP contribution in [-0.4, -0.2) is 210 Å². The highest BCUT2D eigenvalue weighted by molar-refractivity contribution is 7.98. The number of Topliss-reactive ketones (excluding diaryl/α,β-unsaturated/α-hetero) is 3. The first-order chi connectivity index (χ1) is 51.0. The Labute approximate surface area is 618 Å². The van der Waals surface area contributed by atoms with Gasteiger partial charge in [0.25, 0.3) is 5.56 Å². The third kappa shape index (κ3) is 28.2. The molecule has 0 unspecified atom stereocenters. The molecule has 105 heavy (non-hydrogen) atoms. The van der Waals surface area contributed by atoms with Crippen molar-refractivity contribution in [2.45, 2.75) is 148 Å². The molecule has 0 fully saturated rings. The standard InChI is InChI=1S/C77H105N7O20S/c1-6-77(68-47-70-71-66(50-84(70)73(90)67(68)54-102-74(77)91)64(27-29-83(55(2)3)56(4)85)65-21-10-11-22-69(65)82-71)104-76(92)103-51-57-23-25-60(26-24-57)81-72(89)59(17-12-13-28-78)46-63(88)53-101-52-62(87)20-15-31-94-33-35-96-37-39-98-41-43-100-45-44-99-42-40-97-38-36-95-34-32-93-30-14-19-61(86)18-9-7-8-16-58-48-79-75(105-5)80-49-58/h8,10-11,16,21-26,47-49,55,59H,6-7,9,12-15,17-20,27-46,50-54,78H2,1-5H3,(H,81,89)/b16-8+/t59-,77+/m1/s1. The van der Waals surface area contributed by atoms with E-state index in [4.69, 9.17) is 67.6 Å². The van der Waals surface area contributed by atoms with Crippen molar-refractivity contribution in [1.29, 1.82) is 0 Å². The van der Waals surface area contributed by atoms with E-state index in [2.05, 4.69) is 21.4 Å². The van der Waals surface area contributed by atoms with E-state index >= 15 is 0 Å². The average Bonchev–Trinajstić information content (AvgIpc) is 1.61. The van der Waals surface area contributed by atoms with E-state index in [1.54, 1.807) is 66.0 Å². The lowest BCUT2D eigenvalue weighted by molar-refractivity contribution is -0.175. The van der Waals surface area contributed by atoms with Crippen LogP contribution in [0.2, 0.25) is 0 Å². The van der Waals surface area contributed by atoms with Crippen LogP contribution in [0.3, 0.4) is 0 Å². The normalized spacial score (nSPS) is 14.1. The number of pyridine rings is 2. The molecular weight excluding hydrogens is 1370 g/mol. The van der Waals surface area contributed by atoms with Crippen molar-refractivity contribution in [3.63, 3.8) is 0 Å². The number of fused-ring (bicyclic) bond motifs is 5. The Balaban J connectivity index is 0.677. The molecule has 5 heterocycles. The van der Waals surface area contributed by atoms with Crippen molar-refractivity contribution in [3.8, 4) is 11.4 Å². The molecule has 0 saturated carbocycles. The van der Waals surface area contributed by atoms with Gasteiger partial charge in [0.2, 0.25) is 17.4 Å². The van der Waals surface area contributed by atoms with Crippen molar-refractivity contribution in [1.82, 2.24) is 24.4 Å². The van der Waals surface area contributed by atoms with E-state index in [0.717, 1.165) is 40.1 Å². The predicted octanol–water partition coefficient (Wildman–Crippen LogP) is 9.13. The number of nitrogens with one attached hydrogen (secondary N) is 1. The Kier molecular flexibility index (Phi) is 37.9. The minimum atomic E-state index is -2.02. The molecule has 2 amide bonds. The second kappa shape index (κ2) is 47.0. The number of amides is 2. The van der Waals surface area contributed by atoms with E-state index in [-0.39, 0.29) is 98.6 Å². The number of hydrogen-bond acceptors (Lipinski definition) is 25. The molecule has 2 aliphatic heterocycles. The Morgan fingerprint density at radius 1 is 0.714 bits per heavy atom. The topological polar surface area (TPSA) is 332 Å². The summed E-state index contributed by atoms with van der Waals surface area (Å²) in [5.74, 6) is -2.25. The smallest absolute Gasteiger partial charge is 0.457 e. The molecule has 0 aliphatic carbocycles. The minimum Gasteiger partial charge on any atom is -0.457 e. The van der Waals surface area contributed by atoms with Crippen LogP contribution < -0.4 is 16.6 Å². The predicted molar refractivity (Wildman–Crippen MR) is 393 cm³/mol. The van der Waals surface area contributed by atoms with Gasteiger partial charge < -0.3 is 77.4 Å². The Morgan fingerprint density at radius 2 is 1.30 bits per heavy atom. The number of nitrogens with two attached hydrogens (primary N) is 1. The van der Waals surface area contributed by atoms with Crippen LogP contribution in [0.15, 0.2) is 83.0 Å². The summed E-state index contributed by atoms with van der Waals surface area (Å²) in [5.41, 5.74) is 9.07. The molecule has 3 aromatic heterocycles. The molecule has 2 aliphatic rings. The van der Waals surface area contributed by atoms with Crippen molar-refractivity contribution in [2.24, 2.45) is 11.7 Å². The van der Waals surface area contributed by atoms with Crippen molar-refractivity contribution >= 4 is 75.7 Å². The van der Waals surface area contributed by atoms with Gasteiger partial charge in [-0.2, -0.15) is 0 Å². The number of carbonyl (C=O) groups is 7. The van der Waals surface area contributed by atoms with Crippen molar-refractivity contribution < 1.29 is 90.4 Å². The van der Waals surface area contributed by atoms with Crippen LogP contribution in [0, 0.1) is 5.92 Å². The highest BCUT2D eigenvalue weighted by atomic mass is 32.2. The summed E-state index contributed by atoms with van der Waals surface area (Å²) in [5, 5.41) is 4.52. The summed E-state index contributed by atoms with van der Waals surface area (Å²) < 4.78 is 68.5. The number of anilines is 1. The van der Waals surface area contributed by atoms with E-state index in [9.17, 15) is 38.4 Å². The van der Waals surface area contributed by atoms with Gasteiger partial charge >= 0.3 is 12.1 Å². The van der Waals surface area contributed by atoms with Gasteiger partial charge in [0.15, 0.2) is 16.7 Å². The Hall–Kier alpha value is -7.74. The van der Waals surface area contributed by atoms with Gasteiger partial charge in [0.1, 0.15) is 32.2 Å². The molecule has 0 spiro atoms. The third-order valence-corrected chi connectivity index (χ3v) is 18.2. The lowest BCUT2D eigenvalue weighted by Crippen LogP contribution is -2.47. The number of aromatic nitrogens is 4. The molecule has 0 bridgehead atoms. The van der Waals surface area contributed by atoms with Crippen molar-refractivity contribution in [2.75, 3.05) is 144 Å². The number of para-hydroxylation sites is 1. The molecule has 27 nitrogen and oxygen atoms in total. The van der Waals surface area contributed by atoms with Gasteiger partial charge in [-0.25, -0.2) is 24.5 Å². The SMILES string of the molecule is CC[C@@]1(OC(=O)OCc2ccc(NC(=O)[C@H](CCCCN)CC(=O)COCC(=O)CCCOCCOCCOCCOCCOCCOCCOCCOCCCC(=O)CCC/C=C/c3cnc(SC)nc3)cc2)C(=O)OCc2c1cc1n(c2=O)Cc2c-1nc1ccccc1c2CCN(C(C)=O)C(C)C. The largest absolute Gasteiger partial charge is 0.510 e. The maximum absolute atomic E-state index is 14.4. The van der Waals surface area contributed by atoms with Crippen LogP contribution in [0.4, 0.5) is 10.5 Å². The zero-order valence-corrected chi connectivity index (χ0v) is 62.3. The van der Waals surface area contributed by atoms with Crippen LogP contribution in [0.5, 0.6) is 0 Å². The third-order valence-electron chi connectivity index (χ3n) is 17.6. The molecular formula is C77H105N7O20S. The lowest BCUT2D eigenvalue weighted by Gasteiger charge is -2.35. The molecule has 0 saturated heterocycles. The first-order valence-corrected chi connectivity index (χ1v) is 37.6. The van der Waals surface area contributed by atoms with Gasteiger partial charge in [0.05, 0.1) is 122 Å². The molecule has 28 heteroatoms. The summed E-state index contributed by atoms with van der Waals surface area (Å²) in [6, 6.07) is 15.9. The van der Waals surface area contributed by atoms with Crippen molar-refractivity contribution in [3.05, 3.63) is 117 Å². The Morgan fingerprint density at radius 3 is 1.88 bits per heavy atom. The van der Waals surface area contributed by atoms with Gasteiger partial charge in [-0.1, -0.05) is 67.6 Å². The summed E-state index contributed by atoms with van der Waals surface area (Å²) in [6.07, 6.45) is 14.5. The summed E-state index contributed by atoms with van der Waals surface area (Å²) in [6.45, 7) is 13.8. The molecule has 5 aromatic rings. The van der Waals surface area contributed by atoms with Gasteiger partial charge in [-0.05, 0) is 113 Å². The fourth-order valence-electron chi connectivity index (χ4n) is 12.0. The summed E-state index contributed by atoms with van der Waals surface area (Å²) in [4.78, 5) is 121. The first kappa shape index (κ1) is 84.5. The number of hydrogen-bond donors (Lipinski definition) is 2. The van der Waals surface area contributed by atoms with Gasteiger partial charge in [-0.15, -0.1) is 0 Å². The van der Waals surface area contributed by atoms with Gasteiger partial charge in [-0.3, -0.25) is 28.8 Å². The van der Waals surface area contributed by atoms with Crippen LogP contribution >= 0.6 is 11.8 Å². The number of esters is 1. The quantitative estimate of drug-likeness (QED) is 0.0155. The van der Waals surface area contributed by atoms with Crippen LogP contribution in [-0.2, 0) is 117 Å². The fraction of sp³-hybridized carbons (Fsp3) is 0.571. The zero-order chi connectivity index (χ0) is 75.0. The molecule has 574 valence electrons. The molecule has 7 rings (SSSR count). The highest BCUT2D eigenvalue weighted by Gasteiger charge is 2.51. The summed E-state index contributed by atoms with van der Waals surface area (Å²) >= 11 is 1.50. The molecule has 0 radical (unpaired) electrons. The van der Waals surface area contributed by atoms with Gasteiger partial charge in [0, 0.05) is 104 Å². The molecule has 2 aromatic carbocycles. The second-order valence-electron chi connectivity index (χ2n) is 25.6. The average molecular weight is 1480 g/mol. The van der Waals surface area contributed by atoms with Crippen LogP contribution in [0.25, 0.3) is 28.4 Å². The van der Waals surface area contributed by atoms with E-state index < -0.39 is 29.2 Å². The monoisotopic (exact) mass is 1480 g/mol. The number of benzene rings is 2. The first-order valence-electron chi connectivity index (χ1n) is 36.4. The van der Waals surface area contributed by atoms with E-state index in [0.29, 0.717) is 198 Å². The maximum Gasteiger partial charge on any atom is 0.510 e. The zero-order valence-electron chi connectivity index (χ0n) is 61.5. The number of cyclic esters (lactones) is 1. The van der Waals surface area contributed by atoms with E-state index in [1.165, 1.54) is 11.8 Å². The fourth-order valence-corrected chi connectivity index (χ4v) is 12.3. The Bertz CT molecular complexity index is 3650. The highest BCUT2D eigenvalue weighted by Crippen LogP contribution is 2.42. The number of carbonyl (C=O) groups excluding carboxylic acids is 7. The number of thioether (sulfide) groups is 1. The number of rotatable bonds is 55. The number of ether oxygens (including phenoxy) is 12. The number of ketones is 3. The van der Waals surface area contributed by atoms with Crippen LogP contribution in [0.1, 0.15) is 138 Å². The summed E-state index contributed by atoms with van der Waals surface area (Å²) in [7, 11) is 0. The molecule has 3 N–H and O–H groups in total. The number of unbranched alkanes of at least 4 members (excludes halogenated alkanes) is 2. The minimum absolute atomic E-state index is 0.0200. The second-order valence-corrected chi connectivity index (χ2v) is 26.4.